The molecule has 1 saturated carbocycles. The minimum Gasteiger partial charge on any atom is -0.368 e. The number of hydrogen-bond donors (Lipinski definition) is 0. The van der Waals surface area contributed by atoms with Crippen LogP contribution in [0.1, 0.15) is 31.4 Å². The predicted molar refractivity (Wildman–Crippen MR) is 173 cm³/mol. The van der Waals surface area contributed by atoms with Gasteiger partial charge in [-0.1, -0.05) is 30.9 Å². The van der Waals surface area contributed by atoms with Crippen LogP contribution < -0.4 is 9.80 Å². The second-order valence-corrected chi connectivity index (χ2v) is 13.4. The topological polar surface area (TPSA) is 53.8 Å². The Hall–Kier alpha value is -4.35. The maximum absolute atomic E-state index is 16.5. The highest BCUT2D eigenvalue weighted by atomic mass is 19.1. The molecule has 0 radical (unpaired) electrons. The quantitative estimate of drug-likeness (QED) is 0.212. The summed E-state index contributed by atoms with van der Waals surface area (Å²) in [6, 6.07) is 18.3. The first-order valence-corrected chi connectivity index (χ1v) is 15.9. The van der Waals surface area contributed by atoms with Crippen LogP contribution in [-0.2, 0) is 13.1 Å². The highest BCUT2D eigenvalue weighted by Gasteiger charge is 2.79. The third kappa shape index (κ3) is 4.06. The molecule has 6 fully saturated rings. The average Bonchev–Trinajstić information content (AvgIpc) is 3.98. The van der Waals surface area contributed by atoms with E-state index in [1.807, 2.05) is 18.2 Å². The number of aliphatic imine (C=N–C) groups is 1. The molecule has 4 unspecified atom stereocenters. The monoisotopic (exact) mass is 585 g/mol. The first-order valence-electron chi connectivity index (χ1n) is 15.9. The Labute approximate surface area is 257 Å². The van der Waals surface area contributed by atoms with Gasteiger partial charge in [-0.3, -0.25) is 9.89 Å². The summed E-state index contributed by atoms with van der Waals surface area (Å²) in [6.45, 7) is 12.4. The van der Waals surface area contributed by atoms with Gasteiger partial charge >= 0.3 is 0 Å². The van der Waals surface area contributed by atoms with Crippen molar-refractivity contribution >= 4 is 34.7 Å². The molecule has 2 bridgehead atoms. The fourth-order valence-corrected chi connectivity index (χ4v) is 7.91. The van der Waals surface area contributed by atoms with Gasteiger partial charge < -0.3 is 19.3 Å². The lowest BCUT2D eigenvalue weighted by atomic mass is 9.94. The van der Waals surface area contributed by atoms with Crippen LogP contribution in [0.4, 0.5) is 21.5 Å². The van der Waals surface area contributed by atoms with Gasteiger partial charge in [0.1, 0.15) is 6.17 Å². The third-order valence-corrected chi connectivity index (χ3v) is 10.8. The number of para-hydroxylation sites is 1. The number of fused-ring (bicyclic) bond motifs is 2. The summed E-state index contributed by atoms with van der Waals surface area (Å²) in [6.07, 6.45) is 8.50. The first kappa shape index (κ1) is 26.1. The molecule has 5 aliphatic heterocycles. The van der Waals surface area contributed by atoms with Crippen molar-refractivity contribution in [2.45, 2.75) is 63.1 Å². The van der Waals surface area contributed by atoms with E-state index in [4.69, 9.17) is 0 Å². The lowest BCUT2D eigenvalue weighted by molar-refractivity contribution is 0.193. The van der Waals surface area contributed by atoms with E-state index in [0.717, 1.165) is 56.0 Å². The van der Waals surface area contributed by atoms with Crippen LogP contribution in [0.5, 0.6) is 0 Å². The van der Waals surface area contributed by atoms with Gasteiger partial charge in [-0.05, 0) is 79.6 Å². The molecule has 5 saturated heterocycles. The number of hydrogen-bond acceptors (Lipinski definition) is 6. The minimum atomic E-state index is -0.231. The fourth-order valence-electron chi connectivity index (χ4n) is 7.91. The van der Waals surface area contributed by atoms with Crippen LogP contribution in [0.15, 0.2) is 83.0 Å². The van der Waals surface area contributed by atoms with Crippen molar-refractivity contribution in [3.05, 3.63) is 89.5 Å². The van der Waals surface area contributed by atoms with Crippen molar-refractivity contribution in [2.75, 3.05) is 29.4 Å². The van der Waals surface area contributed by atoms with Crippen molar-refractivity contribution in [3.63, 3.8) is 0 Å². The lowest BCUT2D eigenvalue weighted by Gasteiger charge is -2.49. The van der Waals surface area contributed by atoms with Gasteiger partial charge in [0.2, 0.25) is 0 Å². The Morgan fingerprint density at radius 1 is 1.09 bits per heavy atom. The molecule has 2 aromatic carbocycles. The van der Waals surface area contributed by atoms with Gasteiger partial charge in [0.05, 0.1) is 36.1 Å². The zero-order valence-electron chi connectivity index (χ0n) is 24.9. The van der Waals surface area contributed by atoms with Crippen molar-refractivity contribution < 1.29 is 4.39 Å². The van der Waals surface area contributed by atoms with E-state index >= 15 is 4.39 Å². The fraction of sp³-hybridized carbons (Fsp3) is 0.389. The van der Waals surface area contributed by atoms with Crippen LogP contribution in [0.2, 0.25) is 0 Å². The smallest absolute Gasteiger partial charge is 0.150 e. The number of rotatable bonds is 10. The van der Waals surface area contributed by atoms with E-state index in [2.05, 4.69) is 78.9 Å². The molecule has 222 valence electrons. The molecule has 0 spiro atoms. The van der Waals surface area contributed by atoms with Crippen molar-refractivity contribution in [2.24, 2.45) is 10.9 Å². The molecular formula is C36H36FN7. The number of nitrogens with zero attached hydrogens (tertiary/aromatic N) is 7. The number of allylic oxidation sites excluding steroid dienone is 4. The summed E-state index contributed by atoms with van der Waals surface area (Å²) in [5.74, 6) is 0.483. The number of benzene rings is 2. The molecule has 44 heavy (non-hydrogen) atoms. The van der Waals surface area contributed by atoms with Crippen LogP contribution in [0.3, 0.4) is 0 Å². The van der Waals surface area contributed by atoms with Crippen molar-refractivity contribution in [3.8, 4) is 6.07 Å². The van der Waals surface area contributed by atoms with Crippen LogP contribution in [0, 0.1) is 23.1 Å². The van der Waals surface area contributed by atoms with Gasteiger partial charge in [0.25, 0.3) is 0 Å². The normalized spacial score (nSPS) is 26.5. The van der Waals surface area contributed by atoms with Gasteiger partial charge in [0.15, 0.2) is 5.82 Å². The highest BCUT2D eigenvalue weighted by molar-refractivity contribution is 5.82. The molecule has 10 rings (SSSR count). The van der Waals surface area contributed by atoms with E-state index in [1.54, 1.807) is 6.07 Å². The Bertz CT molecular complexity index is 1820. The number of nitriles is 1. The maximum Gasteiger partial charge on any atom is 0.150 e. The maximum atomic E-state index is 16.5. The van der Waals surface area contributed by atoms with Crippen molar-refractivity contribution in [1.82, 2.24) is 14.4 Å². The Morgan fingerprint density at radius 2 is 1.91 bits per heavy atom. The minimum absolute atomic E-state index is 0.0875. The third-order valence-electron chi connectivity index (χ3n) is 10.8. The molecule has 7 aliphatic rings. The second kappa shape index (κ2) is 9.57. The molecule has 2 aliphatic carbocycles. The van der Waals surface area contributed by atoms with E-state index < -0.39 is 0 Å². The van der Waals surface area contributed by atoms with Gasteiger partial charge in [-0.15, -0.1) is 0 Å². The van der Waals surface area contributed by atoms with Gasteiger partial charge in [0, 0.05) is 60.4 Å². The Morgan fingerprint density at radius 3 is 2.59 bits per heavy atom. The van der Waals surface area contributed by atoms with E-state index in [1.165, 1.54) is 35.0 Å². The number of halogens is 1. The van der Waals surface area contributed by atoms with Crippen molar-refractivity contribution in [1.29, 1.82) is 5.26 Å². The highest BCUT2D eigenvalue weighted by Crippen LogP contribution is 2.60. The second-order valence-electron chi connectivity index (χ2n) is 13.4. The number of piperazine rings is 1. The number of likely N-dealkylation sites (tertiary alicyclic amines) is 1. The lowest BCUT2D eigenvalue weighted by Crippen LogP contribution is -2.59. The molecule has 0 N–H and O–H groups in total. The average molecular weight is 586 g/mol. The molecule has 0 amide bonds. The van der Waals surface area contributed by atoms with Crippen LogP contribution in [-0.4, -0.2) is 65.0 Å². The van der Waals surface area contributed by atoms with Gasteiger partial charge in [-0.25, -0.2) is 4.39 Å². The molecule has 1 aromatic heterocycles. The molecule has 4 atom stereocenters. The molecule has 3 aromatic rings. The zero-order chi connectivity index (χ0) is 29.7. The summed E-state index contributed by atoms with van der Waals surface area (Å²) >= 11 is 0. The molecule has 6 heterocycles. The standard InChI is InChI=1S/C36H36FN7/c1-22(25-11-9-23(16-38)10-12-25)40-18-29(19-40)42(20-28-13-26-5-3-4-6-32(26)41(28)17-24-7-8-24)34-30(37)14-27(15-31(34)39-2)43-21-33-35-36(43)44(33)35/h3-6,9,11,13-15,24,29,33,35-36H,1-2,7-8,10,12,17-21H2. The SMILES string of the molecule is C=Nc1cc(N2CC3C4C2N34)cc(F)c1N(Cc1cc2ccccc2n1CC1CC1)C1CN(C(=C)C2=CC=C(C#N)CC2)C1. The van der Waals surface area contributed by atoms with Crippen LogP contribution in [0.25, 0.3) is 10.9 Å². The predicted octanol–water partition coefficient (Wildman–Crippen LogP) is 6.11. The van der Waals surface area contributed by atoms with E-state index in [0.29, 0.717) is 42.1 Å². The first-order chi connectivity index (χ1) is 21.5. The molecular weight excluding hydrogens is 549 g/mol. The summed E-state index contributed by atoms with van der Waals surface area (Å²) in [7, 11) is 0. The van der Waals surface area contributed by atoms with E-state index in [9.17, 15) is 5.26 Å². The summed E-state index contributed by atoms with van der Waals surface area (Å²) in [5.41, 5.74) is 7.49. The number of anilines is 2. The summed E-state index contributed by atoms with van der Waals surface area (Å²) in [4.78, 5) is 13.8. The largest absolute Gasteiger partial charge is 0.368 e. The summed E-state index contributed by atoms with van der Waals surface area (Å²) < 4.78 is 18.9. The molecule has 8 heteroatoms. The Kier molecular flexibility index (Phi) is 5.68. The zero-order valence-corrected chi connectivity index (χ0v) is 24.9. The van der Waals surface area contributed by atoms with Gasteiger partial charge in [-0.2, -0.15) is 5.26 Å². The number of aromatic nitrogens is 1. The molecule has 7 nitrogen and oxygen atoms in total. The summed E-state index contributed by atoms with van der Waals surface area (Å²) in [5, 5.41) is 10.5. The Balaban J connectivity index is 1.06. The van der Waals surface area contributed by atoms with Crippen LogP contribution >= 0.6 is 0 Å². The van der Waals surface area contributed by atoms with E-state index in [-0.39, 0.29) is 11.9 Å².